The van der Waals surface area contributed by atoms with E-state index in [4.69, 9.17) is 23.1 Å². The van der Waals surface area contributed by atoms with Crippen molar-refractivity contribution in [2.24, 2.45) is 0 Å². The van der Waals surface area contributed by atoms with Crippen LogP contribution in [0, 0.1) is 0 Å². The van der Waals surface area contributed by atoms with Crippen LogP contribution in [0.4, 0.5) is 0 Å². The molecular weight excluding hydrogens is 537 g/mol. The zero-order valence-corrected chi connectivity index (χ0v) is 27.1. The molecule has 3 aliphatic heterocycles. The molecule has 0 spiro atoms. The summed E-state index contributed by atoms with van der Waals surface area (Å²) in [5.74, 6) is 0. The molecule has 2 bridgehead atoms. The molecule has 41 heavy (non-hydrogen) atoms. The van der Waals surface area contributed by atoms with Gasteiger partial charge >= 0.3 is 7.82 Å². The van der Waals surface area contributed by atoms with E-state index in [1.165, 1.54) is 83.5 Å². The van der Waals surface area contributed by atoms with Crippen molar-refractivity contribution in [1.29, 1.82) is 0 Å². The largest absolute Gasteiger partial charge is 0.492 e. The number of phosphoric acid groups is 1. The van der Waals surface area contributed by atoms with E-state index in [0.29, 0.717) is 32.9 Å². The predicted octanol–water partition coefficient (Wildman–Crippen LogP) is 9.40. The normalized spacial score (nSPS) is 23.5. The lowest BCUT2D eigenvalue weighted by molar-refractivity contribution is -0.138. The highest BCUT2D eigenvalue weighted by Gasteiger charge is 2.47. The number of hydrogen-bond donors (Lipinski definition) is 0. The minimum absolute atomic E-state index is 0.101. The highest BCUT2D eigenvalue weighted by Crippen LogP contribution is 2.58. The number of hydroxylamine groups is 2. The molecule has 3 saturated heterocycles. The van der Waals surface area contributed by atoms with Crippen molar-refractivity contribution in [2.75, 3.05) is 26.3 Å². The number of fused-ring (bicyclic) bond motifs is 4. The highest BCUT2D eigenvalue weighted by molar-refractivity contribution is 7.48. The molecule has 3 fully saturated rings. The topological polar surface area (TPSA) is 66.5 Å². The van der Waals surface area contributed by atoms with Crippen LogP contribution in [0.15, 0.2) is 30.3 Å². The Bertz CT molecular complexity index is 827. The zero-order chi connectivity index (χ0) is 29.2. The van der Waals surface area contributed by atoms with Crippen molar-refractivity contribution in [3.05, 3.63) is 35.9 Å². The zero-order valence-electron chi connectivity index (χ0n) is 26.2. The van der Waals surface area contributed by atoms with E-state index in [1.54, 1.807) is 5.06 Å². The van der Waals surface area contributed by atoms with Crippen molar-refractivity contribution < 1.29 is 27.7 Å². The van der Waals surface area contributed by atoms with E-state index >= 15 is 0 Å². The van der Waals surface area contributed by atoms with Crippen LogP contribution in [0.25, 0.3) is 0 Å². The van der Waals surface area contributed by atoms with Crippen molar-refractivity contribution in [3.63, 3.8) is 0 Å². The number of hydrogen-bond acceptors (Lipinski definition) is 7. The molecule has 236 valence electrons. The summed E-state index contributed by atoms with van der Waals surface area (Å²) in [4.78, 5) is 0. The molecule has 1 aromatic rings. The van der Waals surface area contributed by atoms with Crippen LogP contribution in [0.5, 0.6) is 0 Å². The van der Waals surface area contributed by atoms with E-state index in [2.05, 4.69) is 6.92 Å². The predicted molar refractivity (Wildman–Crippen MR) is 166 cm³/mol. The smallest absolute Gasteiger partial charge is 0.379 e. The highest BCUT2D eigenvalue weighted by atomic mass is 31.2. The summed E-state index contributed by atoms with van der Waals surface area (Å²) < 4.78 is 43.6. The van der Waals surface area contributed by atoms with Crippen molar-refractivity contribution in [3.8, 4) is 0 Å². The third-order valence-corrected chi connectivity index (χ3v) is 9.90. The maximum atomic E-state index is 13.5. The molecule has 0 saturated carbocycles. The van der Waals surface area contributed by atoms with Gasteiger partial charge < -0.3 is 9.47 Å². The second-order valence-corrected chi connectivity index (χ2v) is 13.9. The van der Waals surface area contributed by atoms with Gasteiger partial charge in [0.25, 0.3) is 0 Å². The van der Waals surface area contributed by atoms with E-state index in [0.717, 1.165) is 24.8 Å². The Morgan fingerprint density at radius 3 is 2.02 bits per heavy atom. The van der Waals surface area contributed by atoms with Gasteiger partial charge in [-0.1, -0.05) is 121 Å². The molecule has 4 rings (SSSR count). The van der Waals surface area contributed by atoms with Gasteiger partial charge in [-0.3, -0.25) is 9.05 Å². The van der Waals surface area contributed by atoms with Gasteiger partial charge in [0.2, 0.25) is 0 Å². The van der Waals surface area contributed by atoms with Crippen LogP contribution in [0.3, 0.4) is 0 Å². The Balaban J connectivity index is 1.33. The maximum absolute atomic E-state index is 13.5. The van der Waals surface area contributed by atoms with E-state index in [1.807, 2.05) is 44.2 Å². The Morgan fingerprint density at radius 2 is 1.44 bits per heavy atom. The lowest BCUT2D eigenvalue weighted by Crippen LogP contribution is -2.44. The Morgan fingerprint density at radius 1 is 0.878 bits per heavy atom. The van der Waals surface area contributed by atoms with Gasteiger partial charge in [0.05, 0.1) is 19.3 Å². The standard InChI is InChI=1S/C33H58NO6P/c1-4-5-6-7-8-9-10-11-12-13-14-15-16-20-27-36-29-32(37-28-30-21-18-17-19-22-30)33(2,3)39-41(35)38-31-23-25-34(40-41)26-24-31/h17-19,21-22,31-32H,4-16,20,23-29H2,1-3H3. The molecule has 0 radical (unpaired) electrons. The maximum Gasteiger partial charge on any atom is 0.492 e. The number of piperidine rings is 1. The second-order valence-electron chi connectivity index (χ2n) is 12.4. The van der Waals surface area contributed by atoms with Crippen LogP contribution in [0.1, 0.15) is 129 Å². The van der Waals surface area contributed by atoms with Gasteiger partial charge in [0.1, 0.15) is 11.7 Å². The average Bonchev–Trinajstić information content (AvgIpc) is 3.21. The second kappa shape index (κ2) is 19.5. The minimum Gasteiger partial charge on any atom is -0.379 e. The third-order valence-electron chi connectivity index (χ3n) is 8.22. The molecule has 0 aliphatic carbocycles. The molecule has 8 heteroatoms. The van der Waals surface area contributed by atoms with Crippen LogP contribution < -0.4 is 0 Å². The molecular formula is C33H58NO6P. The van der Waals surface area contributed by atoms with Crippen molar-refractivity contribution in [2.45, 2.75) is 148 Å². The van der Waals surface area contributed by atoms with Crippen LogP contribution >= 0.6 is 7.82 Å². The lowest BCUT2D eigenvalue weighted by Gasteiger charge is -2.36. The molecule has 2 unspecified atom stereocenters. The molecule has 7 nitrogen and oxygen atoms in total. The Kier molecular flexibility index (Phi) is 16.5. The first-order valence-corrected chi connectivity index (χ1v) is 18.0. The van der Waals surface area contributed by atoms with Gasteiger partial charge in [0.15, 0.2) is 0 Å². The monoisotopic (exact) mass is 595 g/mol. The van der Waals surface area contributed by atoms with Gasteiger partial charge in [-0.2, -0.15) is 9.69 Å². The summed E-state index contributed by atoms with van der Waals surface area (Å²) in [6, 6.07) is 10.0. The first-order chi connectivity index (χ1) is 19.9. The molecule has 0 N–H and O–H groups in total. The average molecular weight is 596 g/mol. The van der Waals surface area contributed by atoms with Crippen LogP contribution in [0.2, 0.25) is 0 Å². The quantitative estimate of drug-likeness (QED) is 0.0922. The third kappa shape index (κ3) is 14.0. The first kappa shape index (κ1) is 34.7. The number of rotatable bonds is 23. The summed E-state index contributed by atoms with van der Waals surface area (Å²) >= 11 is 0. The summed E-state index contributed by atoms with van der Waals surface area (Å²) in [7, 11) is -3.76. The van der Waals surface area contributed by atoms with Gasteiger partial charge in [-0.25, -0.2) is 4.57 Å². The molecule has 1 aromatic carbocycles. The number of unbranched alkanes of at least 4 members (excludes halogenated alkanes) is 13. The van der Waals surface area contributed by atoms with E-state index < -0.39 is 19.5 Å². The molecule has 3 heterocycles. The van der Waals surface area contributed by atoms with Crippen molar-refractivity contribution in [1.82, 2.24) is 5.06 Å². The summed E-state index contributed by atoms with van der Waals surface area (Å²) in [6.45, 7) is 8.90. The number of benzene rings is 1. The summed E-state index contributed by atoms with van der Waals surface area (Å²) in [6.07, 6.45) is 19.7. The SMILES string of the molecule is CCCCCCCCCCCCCCCCOCC(OCc1ccccc1)C(C)(C)OP1(=O)OC2CCN(CC2)O1. The lowest BCUT2D eigenvalue weighted by atomic mass is 10.0. The fraction of sp³-hybridized carbons (Fsp3) is 0.818. The van der Waals surface area contributed by atoms with E-state index in [-0.39, 0.29) is 6.10 Å². The molecule has 0 aromatic heterocycles. The van der Waals surface area contributed by atoms with Gasteiger partial charge in [-0.15, -0.1) is 0 Å². The van der Waals surface area contributed by atoms with Gasteiger partial charge in [-0.05, 0) is 38.7 Å². The van der Waals surface area contributed by atoms with Crippen molar-refractivity contribution >= 4 is 7.82 Å². The minimum atomic E-state index is -3.76. The van der Waals surface area contributed by atoms with Crippen LogP contribution in [-0.4, -0.2) is 49.2 Å². The number of ether oxygens (including phenoxy) is 2. The first-order valence-electron chi connectivity index (χ1n) is 16.6. The fourth-order valence-electron chi connectivity index (χ4n) is 5.56. The number of phosphoric ester groups is 1. The molecule has 0 amide bonds. The van der Waals surface area contributed by atoms with E-state index in [9.17, 15) is 4.57 Å². The Hall–Kier alpha value is -0.790. The van der Waals surface area contributed by atoms with Gasteiger partial charge in [0, 0.05) is 19.7 Å². The van der Waals surface area contributed by atoms with Crippen LogP contribution in [-0.2, 0) is 34.3 Å². The Labute approximate surface area is 250 Å². The summed E-state index contributed by atoms with van der Waals surface area (Å²) in [5.41, 5.74) is 0.128. The molecule has 2 atom stereocenters. The molecule has 3 aliphatic rings. The summed E-state index contributed by atoms with van der Waals surface area (Å²) in [5, 5.41) is 1.71. The fourth-order valence-corrected chi connectivity index (χ4v) is 7.39. The number of nitrogens with zero attached hydrogens (tertiary/aromatic N) is 1.